The molecule has 1 aliphatic rings. The molecule has 0 radical (unpaired) electrons. The van der Waals surface area contributed by atoms with Crippen LogP contribution in [0.2, 0.25) is 0 Å². The highest BCUT2D eigenvalue weighted by Crippen LogP contribution is 2.32. The van der Waals surface area contributed by atoms with Crippen LogP contribution in [0.15, 0.2) is 22.7 Å². The van der Waals surface area contributed by atoms with Gasteiger partial charge in [-0.05, 0) is 37.5 Å². The third kappa shape index (κ3) is 2.91. The Morgan fingerprint density at radius 3 is 2.65 bits per heavy atom. The molecular formula is C11H14BrClN2O2. The molecule has 2 rings (SSSR count). The van der Waals surface area contributed by atoms with E-state index in [2.05, 4.69) is 21.2 Å². The quantitative estimate of drug-likeness (QED) is 0.732. The van der Waals surface area contributed by atoms with Gasteiger partial charge in [0.2, 0.25) is 5.91 Å². The molecule has 1 amide bonds. The predicted octanol–water partition coefficient (Wildman–Crippen LogP) is 2.40. The van der Waals surface area contributed by atoms with Gasteiger partial charge in [0, 0.05) is 4.47 Å². The van der Waals surface area contributed by atoms with E-state index >= 15 is 0 Å². The van der Waals surface area contributed by atoms with E-state index in [9.17, 15) is 9.90 Å². The average molecular weight is 322 g/mol. The Kier molecular flexibility index (Phi) is 4.41. The van der Waals surface area contributed by atoms with Gasteiger partial charge in [-0.15, -0.1) is 12.4 Å². The van der Waals surface area contributed by atoms with Crippen molar-refractivity contribution in [3.63, 3.8) is 0 Å². The molecule has 0 heterocycles. The summed E-state index contributed by atoms with van der Waals surface area (Å²) in [5.74, 6) is -0.188. The maximum atomic E-state index is 11.8. The van der Waals surface area contributed by atoms with E-state index in [1.807, 2.05) is 0 Å². The first-order valence-corrected chi connectivity index (χ1v) is 5.89. The van der Waals surface area contributed by atoms with Gasteiger partial charge in [-0.2, -0.15) is 0 Å². The number of aromatic hydroxyl groups is 1. The van der Waals surface area contributed by atoms with Gasteiger partial charge in [0.05, 0.1) is 11.2 Å². The van der Waals surface area contributed by atoms with Crippen molar-refractivity contribution in [2.45, 2.75) is 24.8 Å². The highest BCUT2D eigenvalue weighted by molar-refractivity contribution is 9.10. The molecule has 0 unspecified atom stereocenters. The van der Waals surface area contributed by atoms with Crippen LogP contribution in [0.1, 0.15) is 19.3 Å². The highest BCUT2D eigenvalue weighted by Gasteiger charge is 2.40. The van der Waals surface area contributed by atoms with E-state index in [4.69, 9.17) is 5.73 Å². The van der Waals surface area contributed by atoms with Crippen molar-refractivity contribution in [2.24, 2.45) is 5.73 Å². The Labute approximate surface area is 114 Å². The Morgan fingerprint density at radius 2 is 2.12 bits per heavy atom. The van der Waals surface area contributed by atoms with E-state index in [0.29, 0.717) is 18.5 Å². The van der Waals surface area contributed by atoms with Crippen LogP contribution >= 0.6 is 28.3 Å². The SMILES string of the molecule is Cl.NC1(C(=O)Nc2cc(Br)ccc2O)CCC1. The number of rotatable bonds is 2. The number of anilines is 1. The van der Waals surface area contributed by atoms with Crippen molar-refractivity contribution in [3.8, 4) is 5.75 Å². The molecule has 1 aromatic carbocycles. The minimum atomic E-state index is -0.755. The average Bonchev–Trinajstić information content (AvgIpc) is 2.20. The lowest BCUT2D eigenvalue weighted by Crippen LogP contribution is -2.56. The topological polar surface area (TPSA) is 75.4 Å². The van der Waals surface area contributed by atoms with Crippen molar-refractivity contribution >= 4 is 39.9 Å². The van der Waals surface area contributed by atoms with Crippen LogP contribution in [0.25, 0.3) is 0 Å². The van der Waals surface area contributed by atoms with Gasteiger partial charge in [0.1, 0.15) is 5.75 Å². The van der Waals surface area contributed by atoms with Crippen LogP contribution < -0.4 is 11.1 Å². The summed E-state index contributed by atoms with van der Waals surface area (Å²) in [5.41, 5.74) is 5.51. The lowest BCUT2D eigenvalue weighted by atomic mass is 9.77. The monoisotopic (exact) mass is 320 g/mol. The number of amides is 1. The zero-order valence-electron chi connectivity index (χ0n) is 9.07. The number of hydrogen-bond acceptors (Lipinski definition) is 3. The summed E-state index contributed by atoms with van der Waals surface area (Å²) in [7, 11) is 0. The van der Waals surface area contributed by atoms with E-state index < -0.39 is 5.54 Å². The largest absolute Gasteiger partial charge is 0.506 e. The summed E-state index contributed by atoms with van der Waals surface area (Å²) in [4.78, 5) is 11.8. The molecule has 0 saturated heterocycles. The van der Waals surface area contributed by atoms with Gasteiger partial charge >= 0.3 is 0 Å². The molecule has 1 aromatic rings. The first kappa shape index (κ1) is 14.3. The fourth-order valence-corrected chi connectivity index (χ4v) is 2.00. The molecule has 0 bridgehead atoms. The Bertz CT molecular complexity index is 435. The zero-order valence-corrected chi connectivity index (χ0v) is 11.5. The first-order chi connectivity index (χ1) is 7.51. The number of nitrogens with two attached hydrogens (primary N) is 1. The van der Waals surface area contributed by atoms with Gasteiger partial charge in [-0.1, -0.05) is 15.9 Å². The van der Waals surface area contributed by atoms with E-state index in [0.717, 1.165) is 10.9 Å². The molecule has 0 atom stereocenters. The number of phenols is 1. The van der Waals surface area contributed by atoms with Gasteiger partial charge < -0.3 is 16.2 Å². The summed E-state index contributed by atoms with van der Waals surface area (Å²) in [6.07, 6.45) is 2.38. The van der Waals surface area contributed by atoms with Crippen molar-refractivity contribution < 1.29 is 9.90 Å². The fourth-order valence-electron chi connectivity index (χ4n) is 1.64. The number of phenolic OH excluding ortho intramolecular Hbond substituents is 1. The molecule has 17 heavy (non-hydrogen) atoms. The molecule has 1 saturated carbocycles. The maximum absolute atomic E-state index is 11.8. The van der Waals surface area contributed by atoms with Crippen LogP contribution in [0.5, 0.6) is 5.75 Å². The molecule has 4 N–H and O–H groups in total. The van der Waals surface area contributed by atoms with Gasteiger partial charge in [0.15, 0.2) is 0 Å². The van der Waals surface area contributed by atoms with E-state index in [-0.39, 0.29) is 24.1 Å². The highest BCUT2D eigenvalue weighted by atomic mass is 79.9. The van der Waals surface area contributed by atoms with Crippen molar-refractivity contribution in [2.75, 3.05) is 5.32 Å². The van der Waals surface area contributed by atoms with Crippen LogP contribution in [0, 0.1) is 0 Å². The minimum Gasteiger partial charge on any atom is -0.506 e. The van der Waals surface area contributed by atoms with E-state index in [1.54, 1.807) is 12.1 Å². The van der Waals surface area contributed by atoms with E-state index in [1.165, 1.54) is 6.07 Å². The molecule has 6 heteroatoms. The molecule has 1 fully saturated rings. The number of nitrogens with one attached hydrogen (secondary N) is 1. The lowest BCUT2D eigenvalue weighted by molar-refractivity contribution is -0.123. The number of benzene rings is 1. The maximum Gasteiger partial charge on any atom is 0.244 e. The Morgan fingerprint density at radius 1 is 1.47 bits per heavy atom. The molecular weight excluding hydrogens is 307 g/mol. The lowest BCUT2D eigenvalue weighted by Gasteiger charge is -2.36. The summed E-state index contributed by atoms with van der Waals surface area (Å²) >= 11 is 3.27. The molecule has 4 nitrogen and oxygen atoms in total. The van der Waals surface area contributed by atoms with Crippen molar-refractivity contribution in [1.29, 1.82) is 0 Å². The predicted molar refractivity (Wildman–Crippen MR) is 72.5 cm³/mol. The molecule has 1 aliphatic carbocycles. The minimum absolute atomic E-state index is 0. The van der Waals surface area contributed by atoms with Crippen LogP contribution in [-0.4, -0.2) is 16.6 Å². The fraction of sp³-hybridized carbons (Fsp3) is 0.364. The van der Waals surface area contributed by atoms with Gasteiger partial charge in [0.25, 0.3) is 0 Å². The second-order valence-electron chi connectivity index (χ2n) is 4.13. The second kappa shape index (κ2) is 5.25. The smallest absolute Gasteiger partial charge is 0.244 e. The normalized spacial score (nSPS) is 16.6. The van der Waals surface area contributed by atoms with Crippen LogP contribution in [0.3, 0.4) is 0 Å². The Balaban J connectivity index is 0.00000144. The standard InChI is InChI=1S/C11H13BrN2O2.ClH/c12-7-2-3-9(15)8(6-7)14-10(16)11(13)4-1-5-11;/h2-3,6,15H,1,4-5,13H2,(H,14,16);1H. The summed E-state index contributed by atoms with van der Waals surface area (Å²) < 4.78 is 0.792. The summed E-state index contributed by atoms with van der Waals surface area (Å²) in [5, 5.41) is 12.2. The number of carbonyl (C=O) groups excluding carboxylic acids is 1. The molecule has 94 valence electrons. The second-order valence-corrected chi connectivity index (χ2v) is 5.04. The van der Waals surface area contributed by atoms with Crippen LogP contribution in [0.4, 0.5) is 5.69 Å². The number of carbonyl (C=O) groups is 1. The summed E-state index contributed by atoms with van der Waals surface area (Å²) in [6.45, 7) is 0. The third-order valence-electron chi connectivity index (χ3n) is 2.90. The van der Waals surface area contributed by atoms with Crippen molar-refractivity contribution in [3.05, 3.63) is 22.7 Å². The zero-order chi connectivity index (χ0) is 11.8. The molecule has 0 aliphatic heterocycles. The van der Waals surface area contributed by atoms with Crippen LogP contribution in [-0.2, 0) is 4.79 Å². The molecule has 0 aromatic heterocycles. The first-order valence-electron chi connectivity index (χ1n) is 5.10. The molecule has 0 spiro atoms. The summed E-state index contributed by atoms with van der Waals surface area (Å²) in [6, 6.07) is 4.87. The third-order valence-corrected chi connectivity index (χ3v) is 3.40. The number of hydrogen-bond donors (Lipinski definition) is 3. The van der Waals surface area contributed by atoms with Crippen molar-refractivity contribution in [1.82, 2.24) is 0 Å². The number of halogens is 2. The Hall–Kier alpha value is -0.780. The van der Waals surface area contributed by atoms with Gasteiger partial charge in [-0.25, -0.2) is 0 Å². The van der Waals surface area contributed by atoms with Gasteiger partial charge in [-0.3, -0.25) is 4.79 Å².